The van der Waals surface area contributed by atoms with E-state index >= 15 is 0 Å². The van der Waals surface area contributed by atoms with Crippen LogP contribution in [0, 0.1) is 5.41 Å². The van der Waals surface area contributed by atoms with Crippen LogP contribution in [-0.4, -0.2) is 5.60 Å². The monoisotopic (exact) mass is 235 g/mol. The van der Waals surface area contributed by atoms with E-state index in [-0.39, 0.29) is 11.0 Å². The lowest BCUT2D eigenvalue weighted by Crippen LogP contribution is -2.23. The molecule has 0 radical (unpaired) electrons. The van der Waals surface area contributed by atoms with Crippen LogP contribution in [0.2, 0.25) is 0 Å². The maximum absolute atomic E-state index is 6.02. The lowest BCUT2D eigenvalue weighted by Gasteiger charge is -2.23. The molecule has 0 amide bonds. The van der Waals surface area contributed by atoms with Crippen LogP contribution >= 0.6 is 0 Å². The van der Waals surface area contributed by atoms with Crippen LogP contribution < -0.4 is 10.5 Å². The predicted molar refractivity (Wildman–Crippen MR) is 74.4 cm³/mol. The van der Waals surface area contributed by atoms with Gasteiger partial charge in [0.2, 0.25) is 0 Å². The minimum Gasteiger partial charge on any atom is -0.486 e. The van der Waals surface area contributed by atoms with Gasteiger partial charge in [-0.25, -0.2) is 0 Å². The third-order valence-corrected chi connectivity index (χ3v) is 2.22. The molecule has 17 heavy (non-hydrogen) atoms. The molecule has 0 aliphatic rings. The van der Waals surface area contributed by atoms with E-state index in [9.17, 15) is 0 Å². The Kier molecular flexibility index (Phi) is 3.75. The number of anilines is 1. The average Bonchev–Trinajstić information content (AvgIpc) is 2.05. The molecule has 1 rings (SSSR count). The number of nitrogen functional groups attached to an aromatic ring is 1. The van der Waals surface area contributed by atoms with Crippen LogP contribution in [-0.2, 0) is 6.42 Å². The van der Waals surface area contributed by atoms with Crippen LogP contribution in [0.5, 0.6) is 5.75 Å². The highest BCUT2D eigenvalue weighted by Gasteiger charge is 2.15. The summed E-state index contributed by atoms with van der Waals surface area (Å²) in [5, 5.41) is 0. The summed E-state index contributed by atoms with van der Waals surface area (Å²) in [5.74, 6) is 0.773. The van der Waals surface area contributed by atoms with Crippen molar-refractivity contribution in [2.75, 3.05) is 5.73 Å². The molecule has 2 nitrogen and oxygen atoms in total. The van der Waals surface area contributed by atoms with Crippen LogP contribution in [0.3, 0.4) is 0 Å². The Morgan fingerprint density at radius 2 is 1.65 bits per heavy atom. The van der Waals surface area contributed by atoms with Crippen molar-refractivity contribution < 1.29 is 4.74 Å². The minimum atomic E-state index is -0.209. The van der Waals surface area contributed by atoms with Gasteiger partial charge in [0.25, 0.3) is 0 Å². The second-order valence-electron chi connectivity index (χ2n) is 6.82. The number of ether oxygens (including phenoxy) is 1. The van der Waals surface area contributed by atoms with Gasteiger partial charge in [-0.15, -0.1) is 0 Å². The first-order chi connectivity index (χ1) is 7.57. The number of benzene rings is 1. The third-order valence-electron chi connectivity index (χ3n) is 2.22. The molecule has 1 aromatic rings. The van der Waals surface area contributed by atoms with Gasteiger partial charge in [-0.3, -0.25) is 0 Å². The minimum absolute atomic E-state index is 0.209. The van der Waals surface area contributed by atoms with Gasteiger partial charge in [-0.2, -0.15) is 0 Å². The van der Waals surface area contributed by atoms with Crippen molar-refractivity contribution in [3.8, 4) is 5.75 Å². The highest BCUT2D eigenvalue weighted by Crippen LogP contribution is 2.29. The molecule has 0 bridgehead atoms. The zero-order chi connectivity index (χ0) is 13.3. The Morgan fingerprint density at radius 3 is 2.06 bits per heavy atom. The number of rotatable bonds is 2. The van der Waals surface area contributed by atoms with Gasteiger partial charge in [0.05, 0.1) is 5.69 Å². The van der Waals surface area contributed by atoms with Gasteiger partial charge in [-0.1, -0.05) is 26.8 Å². The van der Waals surface area contributed by atoms with Gasteiger partial charge < -0.3 is 10.5 Å². The highest BCUT2D eigenvalue weighted by atomic mass is 16.5. The molecule has 0 aliphatic carbocycles. The fourth-order valence-corrected chi connectivity index (χ4v) is 1.74. The van der Waals surface area contributed by atoms with Crippen molar-refractivity contribution in [1.29, 1.82) is 0 Å². The van der Waals surface area contributed by atoms with Crippen molar-refractivity contribution in [2.24, 2.45) is 5.41 Å². The first kappa shape index (κ1) is 13.9. The Balaban J connectivity index is 2.87. The molecular weight excluding hydrogens is 210 g/mol. The topological polar surface area (TPSA) is 35.2 Å². The van der Waals surface area contributed by atoms with Crippen LogP contribution in [0.15, 0.2) is 18.2 Å². The van der Waals surface area contributed by atoms with Gasteiger partial charge in [0.15, 0.2) is 0 Å². The molecule has 2 N–H and O–H groups in total. The first-order valence-corrected chi connectivity index (χ1v) is 6.14. The van der Waals surface area contributed by atoms with E-state index in [4.69, 9.17) is 10.5 Å². The van der Waals surface area contributed by atoms with Crippen LogP contribution in [0.4, 0.5) is 5.69 Å². The van der Waals surface area contributed by atoms with Gasteiger partial charge >= 0.3 is 0 Å². The van der Waals surface area contributed by atoms with E-state index in [2.05, 4.69) is 26.8 Å². The SMILES string of the molecule is CC(C)(C)Cc1ccc(OC(C)(C)C)c(N)c1. The lowest BCUT2D eigenvalue weighted by molar-refractivity contribution is 0.132. The van der Waals surface area contributed by atoms with E-state index < -0.39 is 0 Å². The summed E-state index contributed by atoms with van der Waals surface area (Å²) >= 11 is 0. The molecule has 0 heterocycles. The largest absolute Gasteiger partial charge is 0.486 e. The Bertz CT molecular complexity index is 383. The zero-order valence-electron chi connectivity index (χ0n) is 11.9. The van der Waals surface area contributed by atoms with Gasteiger partial charge in [-0.05, 0) is 50.3 Å². The maximum Gasteiger partial charge on any atom is 0.142 e. The van der Waals surface area contributed by atoms with E-state index in [1.54, 1.807) is 0 Å². The summed E-state index contributed by atoms with van der Waals surface area (Å²) in [7, 11) is 0. The van der Waals surface area contributed by atoms with Crippen molar-refractivity contribution in [2.45, 2.75) is 53.6 Å². The normalized spacial score (nSPS) is 12.6. The highest BCUT2D eigenvalue weighted by molar-refractivity contribution is 5.54. The third kappa shape index (κ3) is 5.12. The second-order valence-corrected chi connectivity index (χ2v) is 6.82. The smallest absolute Gasteiger partial charge is 0.142 e. The lowest BCUT2D eigenvalue weighted by atomic mass is 9.88. The molecule has 0 aliphatic heterocycles. The number of hydrogen-bond acceptors (Lipinski definition) is 2. The van der Waals surface area contributed by atoms with Crippen molar-refractivity contribution in [3.63, 3.8) is 0 Å². The summed E-state index contributed by atoms with van der Waals surface area (Å²) in [5.41, 5.74) is 8.07. The fraction of sp³-hybridized carbons (Fsp3) is 0.600. The van der Waals surface area contributed by atoms with E-state index in [1.165, 1.54) is 5.56 Å². The van der Waals surface area contributed by atoms with Gasteiger partial charge in [0.1, 0.15) is 11.4 Å². The molecule has 0 spiro atoms. The van der Waals surface area contributed by atoms with E-state index in [1.807, 2.05) is 32.9 Å². The summed E-state index contributed by atoms with van der Waals surface area (Å²) in [6.07, 6.45) is 1.02. The predicted octanol–water partition coefficient (Wildman–Crippen LogP) is 4.03. The summed E-state index contributed by atoms with van der Waals surface area (Å²) < 4.78 is 5.79. The fourth-order valence-electron chi connectivity index (χ4n) is 1.74. The standard InChI is InChI=1S/C15H25NO/c1-14(2,3)10-11-7-8-13(12(16)9-11)17-15(4,5)6/h7-9H,10,16H2,1-6H3. The van der Waals surface area contributed by atoms with Crippen LogP contribution in [0.1, 0.15) is 47.1 Å². The summed E-state index contributed by atoms with van der Waals surface area (Å²) in [4.78, 5) is 0. The Morgan fingerprint density at radius 1 is 1.06 bits per heavy atom. The average molecular weight is 235 g/mol. The molecule has 2 heteroatoms. The summed E-state index contributed by atoms with van der Waals surface area (Å²) in [6.45, 7) is 12.7. The Hall–Kier alpha value is -1.18. The van der Waals surface area contributed by atoms with E-state index in [0.29, 0.717) is 0 Å². The molecule has 0 saturated carbocycles. The summed E-state index contributed by atoms with van der Waals surface area (Å²) in [6, 6.07) is 6.09. The van der Waals surface area contributed by atoms with Crippen LogP contribution in [0.25, 0.3) is 0 Å². The molecular formula is C15H25NO. The zero-order valence-corrected chi connectivity index (χ0v) is 11.9. The van der Waals surface area contributed by atoms with E-state index in [0.717, 1.165) is 17.9 Å². The van der Waals surface area contributed by atoms with Gasteiger partial charge in [0, 0.05) is 0 Å². The molecule has 0 saturated heterocycles. The number of hydrogen-bond donors (Lipinski definition) is 1. The Labute approximate surface area is 105 Å². The molecule has 0 unspecified atom stereocenters. The van der Waals surface area contributed by atoms with Crippen molar-refractivity contribution >= 4 is 5.69 Å². The second kappa shape index (κ2) is 4.59. The molecule has 96 valence electrons. The first-order valence-electron chi connectivity index (χ1n) is 6.14. The quantitative estimate of drug-likeness (QED) is 0.785. The maximum atomic E-state index is 6.02. The molecule has 0 fully saturated rings. The van der Waals surface area contributed by atoms with Crippen molar-refractivity contribution in [3.05, 3.63) is 23.8 Å². The van der Waals surface area contributed by atoms with Crippen molar-refractivity contribution in [1.82, 2.24) is 0 Å². The molecule has 0 aromatic heterocycles. The number of nitrogens with two attached hydrogens (primary N) is 1. The molecule has 1 aromatic carbocycles. The molecule has 0 atom stereocenters.